The van der Waals surface area contributed by atoms with Crippen molar-refractivity contribution < 1.29 is 9.90 Å². The number of nitrogens with one attached hydrogen (secondary N) is 1. The van der Waals surface area contributed by atoms with Crippen LogP contribution < -0.4 is 5.32 Å². The van der Waals surface area contributed by atoms with Gasteiger partial charge in [-0.15, -0.1) is 0 Å². The molecule has 1 heterocycles. The van der Waals surface area contributed by atoms with Crippen LogP contribution in [-0.2, 0) is 13.0 Å². The fourth-order valence-electron chi connectivity index (χ4n) is 3.37. The largest absolute Gasteiger partial charge is 0.465 e. The van der Waals surface area contributed by atoms with Crippen molar-refractivity contribution in [1.82, 2.24) is 15.1 Å². The highest BCUT2D eigenvalue weighted by molar-refractivity contribution is 5.65. The minimum absolute atomic E-state index is 0.102. The molecule has 5 nitrogen and oxygen atoms in total. The third kappa shape index (κ3) is 6.01. The first-order valence-electron chi connectivity index (χ1n) is 9.11. The Kier molecular flexibility index (Phi) is 6.47. The van der Waals surface area contributed by atoms with E-state index in [1.54, 1.807) is 0 Å². The molecular weight excluding hydrogens is 314 g/mol. The Morgan fingerprint density at radius 3 is 2.36 bits per heavy atom. The second-order valence-corrected chi connectivity index (χ2v) is 8.53. The number of hydrogen-bond acceptors (Lipinski definition) is 3. The van der Waals surface area contributed by atoms with Gasteiger partial charge in [-0.05, 0) is 43.5 Å². The lowest BCUT2D eigenvalue weighted by Gasteiger charge is -2.30. The summed E-state index contributed by atoms with van der Waals surface area (Å²) in [5.41, 5.74) is 2.38. The molecule has 0 spiro atoms. The number of rotatable bonds is 6. The molecule has 2 rings (SSSR count). The number of nitrogens with zero attached hydrogens (tertiary/aromatic N) is 2. The van der Waals surface area contributed by atoms with Crippen molar-refractivity contribution in [2.75, 3.05) is 27.2 Å². The monoisotopic (exact) mass is 347 g/mol. The van der Waals surface area contributed by atoms with E-state index in [1.165, 1.54) is 17.5 Å². The molecule has 0 aliphatic carbocycles. The van der Waals surface area contributed by atoms with E-state index < -0.39 is 6.09 Å². The normalized spacial score (nSPS) is 20.0. The van der Waals surface area contributed by atoms with Crippen molar-refractivity contribution in [3.05, 3.63) is 35.4 Å². The number of carboxylic acid groups (broad SMARTS) is 1. The average Bonchev–Trinajstić information content (AvgIpc) is 2.96. The highest BCUT2D eigenvalue weighted by Crippen LogP contribution is 2.23. The van der Waals surface area contributed by atoms with Gasteiger partial charge in [-0.2, -0.15) is 0 Å². The second kappa shape index (κ2) is 8.19. The molecule has 5 heteroatoms. The number of amides is 1. The first kappa shape index (κ1) is 19.7. The minimum Gasteiger partial charge on any atom is -0.465 e. The van der Waals surface area contributed by atoms with Crippen LogP contribution in [0.1, 0.15) is 38.3 Å². The van der Waals surface area contributed by atoms with Crippen LogP contribution in [0.2, 0.25) is 0 Å². The summed E-state index contributed by atoms with van der Waals surface area (Å²) in [5, 5.41) is 11.7. The van der Waals surface area contributed by atoms with E-state index in [4.69, 9.17) is 5.11 Å². The highest BCUT2D eigenvalue weighted by atomic mass is 16.4. The lowest BCUT2D eigenvalue weighted by molar-refractivity contribution is 0.174. The van der Waals surface area contributed by atoms with Gasteiger partial charge in [0, 0.05) is 31.7 Å². The zero-order chi connectivity index (χ0) is 18.6. The van der Waals surface area contributed by atoms with E-state index in [-0.39, 0.29) is 11.5 Å². The second-order valence-electron chi connectivity index (χ2n) is 8.53. The van der Waals surface area contributed by atoms with Gasteiger partial charge < -0.3 is 15.3 Å². The van der Waals surface area contributed by atoms with Crippen molar-refractivity contribution in [3.63, 3.8) is 0 Å². The predicted molar refractivity (Wildman–Crippen MR) is 102 cm³/mol. The van der Waals surface area contributed by atoms with Crippen molar-refractivity contribution in [3.8, 4) is 0 Å². The van der Waals surface area contributed by atoms with E-state index in [0.29, 0.717) is 12.5 Å². The van der Waals surface area contributed by atoms with E-state index >= 15 is 0 Å². The number of likely N-dealkylation sites (tertiary alicyclic amines) is 1. The van der Waals surface area contributed by atoms with Gasteiger partial charge in [0.2, 0.25) is 0 Å². The molecule has 25 heavy (non-hydrogen) atoms. The quantitative estimate of drug-likeness (QED) is 0.830. The van der Waals surface area contributed by atoms with Gasteiger partial charge in [0.15, 0.2) is 0 Å². The lowest BCUT2D eigenvalue weighted by atomic mass is 9.83. The topological polar surface area (TPSA) is 55.8 Å². The van der Waals surface area contributed by atoms with Gasteiger partial charge in [0.25, 0.3) is 0 Å². The summed E-state index contributed by atoms with van der Waals surface area (Å²) in [6, 6.07) is 9.19. The van der Waals surface area contributed by atoms with Crippen LogP contribution >= 0.6 is 0 Å². The van der Waals surface area contributed by atoms with Crippen molar-refractivity contribution >= 4 is 6.09 Å². The smallest absolute Gasteiger partial charge is 0.404 e. The van der Waals surface area contributed by atoms with E-state index in [0.717, 1.165) is 19.6 Å². The molecule has 2 atom stereocenters. The van der Waals surface area contributed by atoms with E-state index in [9.17, 15) is 4.79 Å². The van der Waals surface area contributed by atoms with E-state index in [1.807, 2.05) is 0 Å². The summed E-state index contributed by atoms with van der Waals surface area (Å²) in [4.78, 5) is 15.9. The van der Waals surface area contributed by atoms with Gasteiger partial charge in [0.1, 0.15) is 0 Å². The van der Waals surface area contributed by atoms with Gasteiger partial charge in [0.05, 0.1) is 0 Å². The molecule has 1 aromatic rings. The van der Waals surface area contributed by atoms with Crippen LogP contribution in [0.25, 0.3) is 0 Å². The van der Waals surface area contributed by atoms with Gasteiger partial charge >= 0.3 is 6.09 Å². The molecular formula is C20H33N3O2. The number of likely N-dealkylation sites (N-methyl/N-ethyl adjacent to an activating group) is 1. The van der Waals surface area contributed by atoms with Crippen molar-refractivity contribution in [2.24, 2.45) is 5.41 Å². The van der Waals surface area contributed by atoms with Crippen LogP contribution in [0, 0.1) is 5.41 Å². The first-order chi connectivity index (χ1) is 11.6. The van der Waals surface area contributed by atoms with Crippen LogP contribution in [0.15, 0.2) is 24.3 Å². The summed E-state index contributed by atoms with van der Waals surface area (Å²) in [6.45, 7) is 9.47. The molecule has 2 N–H and O–H groups in total. The molecule has 0 radical (unpaired) electrons. The van der Waals surface area contributed by atoms with Crippen molar-refractivity contribution in [2.45, 2.75) is 52.2 Å². The first-order valence-corrected chi connectivity index (χ1v) is 9.11. The van der Waals surface area contributed by atoms with Crippen molar-refractivity contribution in [1.29, 1.82) is 0 Å². The summed E-state index contributed by atoms with van der Waals surface area (Å²) < 4.78 is 0. The molecule has 1 fully saturated rings. The Morgan fingerprint density at radius 2 is 1.88 bits per heavy atom. The predicted octanol–water partition coefficient (Wildman–Crippen LogP) is 3.05. The third-order valence-corrected chi connectivity index (χ3v) is 5.19. The maximum absolute atomic E-state index is 11.0. The fourth-order valence-corrected chi connectivity index (χ4v) is 3.37. The number of benzene rings is 1. The SMILES string of the molecule is CN(C)C1CCN(Cc2ccc(CC(NC(=O)O)C(C)(C)C)cc2)C1. The summed E-state index contributed by atoms with van der Waals surface area (Å²) >= 11 is 0. The molecule has 0 saturated carbocycles. The van der Waals surface area contributed by atoms with Gasteiger partial charge in [-0.25, -0.2) is 4.79 Å². The number of hydrogen-bond donors (Lipinski definition) is 2. The molecule has 1 amide bonds. The summed E-state index contributed by atoms with van der Waals surface area (Å²) in [6.07, 6.45) is 0.989. The Morgan fingerprint density at radius 1 is 1.28 bits per heavy atom. The van der Waals surface area contributed by atoms with Crippen LogP contribution in [0.4, 0.5) is 4.79 Å². The molecule has 0 bridgehead atoms. The average molecular weight is 348 g/mol. The Bertz CT molecular complexity index is 563. The van der Waals surface area contributed by atoms with Gasteiger partial charge in [-0.3, -0.25) is 4.90 Å². The molecule has 2 unspecified atom stereocenters. The maximum Gasteiger partial charge on any atom is 0.404 e. The minimum atomic E-state index is -0.957. The highest BCUT2D eigenvalue weighted by Gasteiger charge is 2.26. The standard InChI is InChI=1S/C20H33N3O2/c1-20(2,3)18(21-19(24)25)12-15-6-8-16(9-7-15)13-23-11-10-17(14-23)22(4)5/h6-9,17-18,21H,10-14H2,1-5H3,(H,24,25). The molecule has 1 aliphatic heterocycles. The van der Waals surface area contributed by atoms with Crippen LogP contribution in [-0.4, -0.2) is 60.3 Å². The Balaban J connectivity index is 1.94. The molecule has 1 aliphatic rings. The number of carbonyl (C=O) groups is 1. The Labute approximate surface area is 152 Å². The molecule has 0 aromatic heterocycles. The zero-order valence-electron chi connectivity index (χ0n) is 16.2. The molecule has 140 valence electrons. The van der Waals surface area contributed by atoms with E-state index in [2.05, 4.69) is 74.2 Å². The lowest BCUT2D eigenvalue weighted by Crippen LogP contribution is -2.44. The molecule has 1 aromatic carbocycles. The third-order valence-electron chi connectivity index (χ3n) is 5.19. The maximum atomic E-state index is 11.0. The zero-order valence-corrected chi connectivity index (χ0v) is 16.2. The summed E-state index contributed by atoms with van der Waals surface area (Å²) in [5.74, 6) is 0. The van der Waals surface area contributed by atoms with Crippen LogP contribution in [0.5, 0.6) is 0 Å². The van der Waals surface area contributed by atoms with Crippen LogP contribution in [0.3, 0.4) is 0 Å². The summed E-state index contributed by atoms with van der Waals surface area (Å²) in [7, 11) is 4.31. The Hall–Kier alpha value is -1.59. The molecule has 1 saturated heterocycles. The fraction of sp³-hybridized carbons (Fsp3) is 0.650. The van der Waals surface area contributed by atoms with Gasteiger partial charge in [-0.1, -0.05) is 45.0 Å².